The molecule has 0 aliphatic rings. The van der Waals surface area contributed by atoms with Crippen LogP contribution in [0.4, 0.5) is 17.1 Å². The number of hydrogen-bond acceptors (Lipinski definition) is 7. The van der Waals surface area contributed by atoms with Crippen LogP contribution in [-0.2, 0) is 9.59 Å². The first-order valence-corrected chi connectivity index (χ1v) is 14.8. The number of thioether (sulfide) groups is 1. The third-order valence-corrected chi connectivity index (χ3v) is 8.15. The first kappa shape index (κ1) is 30.2. The molecule has 4 aromatic rings. The Morgan fingerprint density at radius 2 is 1.79 bits per heavy atom. The topological polar surface area (TPSA) is 130 Å². The lowest BCUT2D eigenvalue weighted by Gasteiger charge is -2.17. The number of nitro benzene ring substituents is 1. The molecule has 9 nitrogen and oxygen atoms in total. The summed E-state index contributed by atoms with van der Waals surface area (Å²) in [5.74, 6) is -1.14. The van der Waals surface area contributed by atoms with E-state index in [4.69, 9.17) is 0 Å². The summed E-state index contributed by atoms with van der Waals surface area (Å²) >= 11 is 2.81. The minimum absolute atomic E-state index is 0.0428. The normalized spacial score (nSPS) is 11.8. The highest BCUT2D eigenvalue weighted by Crippen LogP contribution is 2.30. The van der Waals surface area contributed by atoms with Gasteiger partial charge in [-0.1, -0.05) is 31.2 Å². The Morgan fingerprint density at radius 3 is 2.45 bits per heavy atom. The summed E-state index contributed by atoms with van der Waals surface area (Å²) in [6.07, 6.45) is 2.14. The van der Waals surface area contributed by atoms with Gasteiger partial charge in [-0.3, -0.25) is 24.5 Å². The number of nitrogens with zero attached hydrogens (tertiary/aromatic N) is 1. The molecule has 42 heavy (non-hydrogen) atoms. The van der Waals surface area contributed by atoms with Crippen molar-refractivity contribution in [2.24, 2.45) is 0 Å². The van der Waals surface area contributed by atoms with Gasteiger partial charge >= 0.3 is 0 Å². The van der Waals surface area contributed by atoms with E-state index in [1.54, 1.807) is 61.5 Å². The number of hydrogen-bond donors (Lipinski definition) is 3. The lowest BCUT2D eigenvalue weighted by atomic mass is 10.1. The van der Waals surface area contributed by atoms with E-state index in [1.165, 1.54) is 41.3 Å². The van der Waals surface area contributed by atoms with Crippen LogP contribution in [0.1, 0.15) is 34.8 Å². The fraction of sp³-hybridized carbons (Fsp3) is 0.129. The molecule has 11 heteroatoms. The van der Waals surface area contributed by atoms with Crippen LogP contribution >= 0.6 is 23.1 Å². The molecule has 0 radical (unpaired) electrons. The molecule has 0 saturated heterocycles. The third kappa shape index (κ3) is 8.15. The van der Waals surface area contributed by atoms with Gasteiger partial charge in [0.15, 0.2) is 0 Å². The van der Waals surface area contributed by atoms with Gasteiger partial charge in [0.2, 0.25) is 5.91 Å². The van der Waals surface area contributed by atoms with Crippen molar-refractivity contribution < 1.29 is 19.3 Å². The smallest absolute Gasteiger partial charge is 0.272 e. The molecule has 0 spiro atoms. The van der Waals surface area contributed by atoms with Crippen LogP contribution < -0.4 is 16.0 Å². The van der Waals surface area contributed by atoms with E-state index in [9.17, 15) is 24.5 Å². The number of benzene rings is 3. The predicted octanol–water partition coefficient (Wildman–Crippen LogP) is 6.88. The van der Waals surface area contributed by atoms with Crippen LogP contribution in [0.25, 0.3) is 6.08 Å². The van der Waals surface area contributed by atoms with Crippen molar-refractivity contribution in [3.63, 3.8) is 0 Å². The zero-order valence-electron chi connectivity index (χ0n) is 22.8. The molecule has 1 atom stereocenters. The first-order valence-electron chi connectivity index (χ1n) is 13.0. The number of aryl methyl sites for hydroxylation is 1. The SMILES string of the molecule is CCC(Sc1cccc(NC(=O)/C(=C/c2ccsc2)NC(=O)c2ccccc2)c1)C(=O)Nc1ccc([N+](=O)[O-])cc1C. The summed E-state index contributed by atoms with van der Waals surface area (Å²) in [6, 6.07) is 21.9. The van der Waals surface area contributed by atoms with Crippen molar-refractivity contribution >= 4 is 64.0 Å². The molecule has 1 heterocycles. The van der Waals surface area contributed by atoms with E-state index < -0.39 is 22.0 Å². The summed E-state index contributed by atoms with van der Waals surface area (Å²) in [5, 5.41) is 22.7. The number of non-ortho nitro benzene ring substituents is 1. The van der Waals surface area contributed by atoms with E-state index in [-0.39, 0.29) is 17.3 Å². The number of thiophene rings is 1. The van der Waals surface area contributed by atoms with E-state index in [0.717, 1.165) is 10.5 Å². The zero-order valence-corrected chi connectivity index (χ0v) is 24.5. The average molecular weight is 601 g/mol. The van der Waals surface area contributed by atoms with E-state index in [1.807, 2.05) is 29.8 Å². The van der Waals surface area contributed by atoms with Gasteiger partial charge < -0.3 is 16.0 Å². The molecule has 3 N–H and O–H groups in total. The van der Waals surface area contributed by atoms with Crippen molar-refractivity contribution in [3.8, 4) is 0 Å². The predicted molar refractivity (Wildman–Crippen MR) is 168 cm³/mol. The van der Waals surface area contributed by atoms with E-state index >= 15 is 0 Å². The fourth-order valence-corrected chi connectivity index (χ4v) is 5.54. The lowest BCUT2D eigenvalue weighted by Crippen LogP contribution is -2.30. The van der Waals surface area contributed by atoms with Crippen LogP contribution in [-0.4, -0.2) is 27.9 Å². The Labute approximate surface area is 251 Å². The fourth-order valence-electron chi connectivity index (χ4n) is 3.91. The van der Waals surface area contributed by atoms with Crippen LogP contribution in [0.5, 0.6) is 0 Å². The number of nitrogens with one attached hydrogen (secondary N) is 3. The number of nitro groups is 1. The molecular weight excluding hydrogens is 572 g/mol. The molecule has 3 aromatic carbocycles. The summed E-state index contributed by atoms with van der Waals surface area (Å²) in [4.78, 5) is 50.5. The number of anilines is 2. The summed E-state index contributed by atoms with van der Waals surface area (Å²) in [6.45, 7) is 3.59. The molecular formula is C31H28N4O5S2. The lowest BCUT2D eigenvalue weighted by molar-refractivity contribution is -0.384. The van der Waals surface area contributed by atoms with Gasteiger partial charge in [-0.2, -0.15) is 11.3 Å². The van der Waals surface area contributed by atoms with Crippen LogP contribution in [0, 0.1) is 17.0 Å². The maximum atomic E-state index is 13.3. The standard InChI is InChI=1S/C31H28N4O5S2/c1-3-28(31(38)33-26-13-12-24(35(39)40)16-20(26)2)42-25-11-7-10-23(18-25)32-30(37)27(17-21-14-15-41-19-21)34-29(36)22-8-5-4-6-9-22/h4-19,28H,3H2,1-2H3,(H,32,37)(H,33,38)(H,34,36)/b27-17-. The highest BCUT2D eigenvalue weighted by atomic mass is 32.2. The Balaban J connectivity index is 1.46. The molecule has 0 aliphatic carbocycles. The van der Waals surface area contributed by atoms with Gasteiger partial charge in [0.1, 0.15) is 5.70 Å². The maximum Gasteiger partial charge on any atom is 0.272 e. The Bertz CT molecular complexity index is 1620. The third-order valence-electron chi connectivity index (χ3n) is 6.10. The Morgan fingerprint density at radius 1 is 1.00 bits per heavy atom. The second-order valence-electron chi connectivity index (χ2n) is 9.18. The van der Waals surface area contributed by atoms with Gasteiger partial charge in [-0.25, -0.2) is 0 Å². The largest absolute Gasteiger partial charge is 0.325 e. The van der Waals surface area contributed by atoms with Crippen molar-refractivity contribution in [2.45, 2.75) is 30.4 Å². The Hall–Kier alpha value is -4.74. The van der Waals surface area contributed by atoms with Crippen molar-refractivity contribution in [2.75, 3.05) is 10.6 Å². The van der Waals surface area contributed by atoms with Crippen LogP contribution in [0.2, 0.25) is 0 Å². The maximum absolute atomic E-state index is 13.3. The Kier molecular flexibility index (Phi) is 10.2. The monoisotopic (exact) mass is 600 g/mol. The quantitative estimate of drug-likeness (QED) is 0.0744. The van der Waals surface area contributed by atoms with Crippen LogP contribution in [0.3, 0.4) is 0 Å². The minimum atomic E-state index is -0.494. The number of amides is 3. The number of carbonyl (C=O) groups is 3. The molecule has 214 valence electrons. The van der Waals surface area contributed by atoms with Gasteiger partial charge in [0, 0.05) is 34.0 Å². The molecule has 0 bridgehead atoms. The van der Waals surface area contributed by atoms with Crippen molar-refractivity contribution in [1.29, 1.82) is 0 Å². The second kappa shape index (κ2) is 14.2. The first-order chi connectivity index (χ1) is 20.2. The molecule has 0 fully saturated rings. The molecule has 0 saturated carbocycles. The zero-order chi connectivity index (χ0) is 30.1. The molecule has 1 unspecified atom stereocenters. The molecule has 1 aromatic heterocycles. The summed E-state index contributed by atoms with van der Waals surface area (Å²) in [7, 11) is 0. The molecule has 0 aliphatic heterocycles. The number of carbonyl (C=O) groups excluding carboxylic acids is 3. The van der Waals surface area contributed by atoms with Crippen molar-refractivity contribution in [1.82, 2.24) is 5.32 Å². The molecule has 3 amide bonds. The van der Waals surface area contributed by atoms with E-state index in [0.29, 0.717) is 28.9 Å². The van der Waals surface area contributed by atoms with Gasteiger partial charge in [0.05, 0.1) is 10.2 Å². The van der Waals surface area contributed by atoms with E-state index in [2.05, 4.69) is 16.0 Å². The average Bonchev–Trinajstić information content (AvgIpc) is 3.50. The highest BCUT2D eigenvalue weighted by Gasteiger charge is 2.20. The summed E-state index contributed by atoms with van der Waals surface area (Å²) < 4.78 is 0. The molecule has 4 rings (SSSR count). The minimum Gasteiger partial charge on any atom is -0.325 e. The second-order valence-corrected chi connectivity index (χ2v) is 11.2. The highest BCUT2D eigenvalue weighted by molar-refractivity contribution is 8.00. The number of rotatable bonds is 11. The summed E-state index contributed by atoms with van der Waals surface area (Å²) in [5.41, 5.74) is 2.84. The van der Waals surface area contributed by atoms with Gasteiger partial charge in [-0.05, 0) is 83.8 Å². The van der Waals surface area contributed by atoms with Gasteiger partial charge in [0.25, 0.3) is 17.5 Å². The van der Waals surface area contributed by atoms with Gasteiger partial charge in [-0.15, -0.1) is 11.8 Å². The van der Waals surface area contributed by atoms with Crippen molar-refractivity contribution in [3.05, 3.63) is 122 Å². The van der Waals surface area contributed by atoms with Crippen LogP contribution in [0.15, 0.2) is 100 Å².